The van der Waals surface area contributed by atoms with Crippen LogP contribution in [0.1, 0.15) is 36.8 Å². The molecule has 1 fully saturated rings. The molecule has 18 heavy (non-hydrogen) atoms. The molecule has 4 N–H and O–H groups in total. The first-order chi connectivity index (χ1) is 8.70. The molecule has 0 unspecified atom stereocenters. The normalized spacial score (nSPS) is 23.8. The van der Waals surface area contributed by atoms with Crippen molar-refractivity contribution in [2.24, 2.45) is 11.7 Å². The van der Waals surface area contributed by atoms with Crippen molar-refractivity contribution >= 4 is 5.69 Å². The molecule has 0 amide bonds. The van der Waals surface area contributed by atoms with Crippen molar-refractivity contribution in [2.75, 3.05) is 5.73 Å². The summed E-state index contributed by atoms with van der Waals surface area (Å²) in [5.41, 5.74) is 15.7. The molecular formula is C16H24N2. The van der Waals surface area contributed by atoms with E-state index in [1.165, 1.54) is 24.0 Å². The number of hydrogen-bond acceptors (Lipinski definition) is 2. The highest BCUT2D eigenvalue weighted by atomic mass is 14.6. The van der Waals surface area contributed by atoms with E-state index in [1.54, 1.807) is 0 Å². The minimum absolute atomic E-state index is 0.422. The fourth-order valence-electron chi connectivity index (χ4n) is 2.88. The molecule has 0 aliphatic heterocycles. The van der Waals surface area contributed by atoms with Gasteiger partial charge >= 0.3 is 0 Å². The second-order valence-electron chi connectivity index (χ2n) is 5.47. The third-order valence-corrected chi connectivity index (χ3v) is 4.05. The van der Waals surface area contributed by atoms with Crippen LogP contribution in [0.2, 0.25) is 0 Å². The van der Waals surface area contributed by atoms with Crippen molar-refractivity contribution in [3.8, 4) is 0 Å². The van der Waals surface area contributed by atoms with Gasteiger partial charge in [0, 0.05) is 11.7 Å². The number of nitrogens with two attached hydrogens (primary N) is 2. The Kier molecular flexibility index (Phi) is 4.43. The predicted molar refractivity (Wildman–Crippen MR) is 78.4 cm³/mol. The standard InChI is InChI=1S/C16H24N2/c1-2-4-13-5-3-6-14(16(13)18)11-12-7-9-15(17)10-8-12/h2-3,5-6,12,15H,1,4,7-11,17-18H2. The molecule has 2 heteroatoms. The molecule has 0 aromatic heterocycles. The van der Waals surface area contributed by atoms with Crippen LogP contribution in [0.3, 0.4) is 0 Å². The maximum Gasteiger partial charge on any atom is 0.0382 e. The third kappa shape index (κ3) is 3.14. The van der Waals surface area contributed by atoms with Gasteiger partial charge < -0.3 is 11.5 Å². The Bertz CT molecular complexity index is 404. The molecule has 1 aliphatic rings. The molecular weight excluding hydrogens is 220 g/mol. The fourth-order valence-corrected chi connectivity index (χ4v) is 2.88. The van der Waals surface area contributed by atoms with Crippen molar-refractivity contribution in [3.63, 3.8) is 0 Å². The van der Waals surface area contributed by atoms with Crippen molar-refractivity contribution in [1.82, 2.24) is 0 Å². The van der Waals surface area contributed by atoms with Crippen LogP contribution in [0.25, 0.3) is 0 Å². The number of allylic oxidation sites excluding steroid dienone is 1. The van der Waals surface area contributed by atoms with Gasteiger partial charge in [0.05, 0.1) is 0 Å². The highest BCUT2D eigenvalue weighted by molar-refractivity contribution is 5.54. The SMILES string of the molecule is C=CCc1cccc(CC2CCC(N)CC2)c1N. The molecule has 1 aromatic rings. The van der Waals surface area contributed by atoms with Gasteiger partial charge in [-0.25, -0.2) is 0 Å². The Morgan fingerprint density at radius 1 is 1.17 bits per heavy atom. The van der Waals surface area contributed by atoms with Crippen LogP contribution < -0.4 is 11.5 Å². The highest BCUT2D eigenvalue weighted by Gasteiger charge is 2.19. The first-order valence-corrected chi connectivity index (χ1v) is 6.93. The van der Waals surface area contributed by atoms with E-state index in [2.05, 4.69) is 24.8 Å². The number of para-hydroxylation sites is 1. The molecule has 0 heterocycles. The maximum atomic E-state index is 6.24. The van der Waals surface area contributed by atoms with Crippen LogP contribution in [0.4, 0.5) is 5.69 Å². The largest absolute Gasteiger partial charge is 0.398 e. The van der Waals surface area contributed by atoms with E-state index in [9.17, 15) is 0 Å². The number of nitrogen functional groups attached to an aromatic ring is 1. The van der Waals surface area contributed by atoms with Crippen LogP contribution in [0.15, 0.2) is 30.9 Å². The average Bonchev–Trinajstić information content (AvgIpc) is 2.37. The van der Waals surface area contributed by atoms with E-state index in [1.807, 2.05) is 6.08 Å². The first kappa shape index (κ1) is 13.2. The summed E-state index contributed by atoms with van der Waals surface area (Å²) in [5.74, 6) is 0.756. The third-order valence-electron chi connectivity index (χ3n) is 4.05. The zero-order chi connectivity index (χ0) is 13.0. The van der Waals surface area contributed by atoms with E-state index in [0.29, 0.717) is 6.04 Å². The van der Waals surface area contributed by atoms with Gasteiger partial charge in [0.25, 0.3) is 0 Å². The molecule has 0 bridgehead atoms. The molecule has 98 valence electrons. The zero-order valence-electron chi connectivity index (χ0n) is 11.1. The Hall–Kier alpha value is -1.28. The first-order valence-electron chi connectivity index (χ1n) is 6.93. The Labute approximate surface area is 110 Å². The Balaban J connectivity index is 2.04. The van der Waals surface area contributed by atoms with E-state index in [-0.39, 0.29) is 0 Å². The van der Waals surface area contributed by atoms with Gasteiger partial charge in [-0.15, -0.1) is 6.58 Å². The van der Waals surface area contributed by atoms with Crippen molar-refractivity contribution in [2.45, 2.75) is 44.6 Å². The summed E-state index contributed by atoms with van der Waals surface area (Å²) in [5, 5.41) is 0. The minimum atomic E-state index is 0.422. The predicted octanol–water partition coefficient (Wildman–Crippen LogP) is 3.06. The molecule has 0 spiro atoms. The van der Waals surface area contributed by atoms with E-state index in [0.717, 1.165) is 37.3 Å². The number of hydrogen-bond donors (Lipinski definition) is 2. The minimum Gasteiger partial charge on any atom is -0.398 e. The second kappa shape index (κ2) is 6.05. The lowest BCUT2D eigenvalue weighted by Crippen LogP contribution is -2.27. The van der Waals surface area contributed by atoms with Gasteiger partial charge in [-0.05, 0) is 55.6 Å². The summed E-state index contributed by atoms with van der Waals surface area (Å²) in [6.45, 7) is 3.78. The van der Waals surface area contributed by atoms with Gasteiger partial charge in [-0.1, -0.05) is 24.3 Å². The number of rotatable bonds is 4. The monoisotopic (exact) mass is 244 g/mol. The molecule has 2 nitrogen and oxygen atoms in total. The lowest BCUT2D eigenvalue weighted by atomic mass is 9.82. The van der Waals surface area contributed by atoms with Crippen molar-refractivity contribution in [1.29, 1.82) is 0 Å². The summed E-state index contributed by atoms with van der Waals surface area (Å²) in [6, 6.07) is 6.79. The van der Waals surface area contributed by atoms with Gasteiger partial charge in [0.2, 0.25) is 0 Å². The molecule has 0 saturated heterocycles. The number of benzene rings is 1. The van der Waals surface area contributed by atoms with Crippen LogP contribution in [-0.2, 0) is 12.8 Å². The molecule has 0 radical (unpaired) electrons. The van der Waals surface area contributed by atoms with Gasteiger partial charge in [-0.3, -0.25) is 0 Å². The lowest BCUT2D eigenvalue weighted by Gasteiger charge is -2.26. The topological polar surface area (TPSA) is 52.0 Å². The van der Waals surface area contributed by atoms with Crippen LogP contribution in [0, 0.1) is 5.92 Å². The molecule has 1 aromatic carbocycles. The smallest absolute Gasteiger partial charge is 0.0382 e. The number of anilines is 1. The summed E-state index contributed by atoms with van der Waals surface area (Å²) in [6.07, 6.45) is 8.68. The summed E-state index contributed by atoms with van der Waals surface area (Å²) in [4.78, 5) is 0. The molecule has 1 aliphatic carbocycles. The molecule has 0 atom stereocenters. The van der Waals surface area contributed by atoms with Gasteiger partial charge in [0.1, 0.15) is 0 Å². The average molecular weight is 244 g/mol. The fraction of sp³-hybridized carbons (Fsp3) is 0.500. The van der Waals surface area contributed by atoms with Crippen LogP contribution in [0.5, 0.6) is 0 Å². The summed E-state index contributed by atoms with van der Waals surface area (Å²) < 4.78 is 0. The van der Waals surface area contributed by atoms with Crippen LogP contribution in [-0.4, -0.2) is 6.04 Å². The summed E-state index contributed by atoms with van der Waals surface area (Å²) >= 11 is 0. The molecule has 2 rings (SSSR count). The van der Waals surface area contributed by atoms with Crippen molar-refractivity contribution < 1.29 is 0 Å². The lowest BCUT2D eigenvalue weighted by molar-refractivity contribution is 0.325. The van der Waals surface area contributed by atoms with Crippen LogP contribution >= 0.6 is 0 Å². The second-order valence-corrected chi connectivity index (χ2v) is 5.47. The highest BCUT2D eigenvalue weighted by Crippen LogP contribution is 2.29. The van der Waals surface area contributed by atoms with E-state index in [4.69, 9.17) is 11.5 Å². The van der Waals surface area contributed by atoms with E-state index >= 15 is 0 Å². The maximum absolute atomic E-state index is 6.24. The quantitative estimate of drug-likeness (QED) is 0.632. The summed E-state index contributed by atoms with van der Waals surface area (Å²) in [7, 11) is 0. The Morgan fingerprint density at radius 2 is 1.83 bits per heavy atom. The van der Waals surface area contributed by atoms with E-state index < -0.39 is 0 Å². The van der Waals surface area contributed by atoms with Gasteiger partial charge in [0.15, 0.2) is 0 Å². The Morgan fingerprint density at radius 3 is 2.50 bits per heavy atom. The van der Waals surface area contributed by atoms with Gasteiger partial charge in [-0.2, -0.15) is 0 Å². The van der Waals surface area contributed by atoms with Crippen molar-refractivity contribution in [3.05, 3.63) is 42.0 Å². The molecule has 1 saturated carbocycles. The zero-order valence-corrected chi connectivity index (χ0v) is 11.1.